The molecule has 1 aliphatic rings. The molecule has 1 fully saturated rings. The summed E-state index contributed by atoms with van der Waals surface area (Å²) in [7, 11) is 3.45. The molecular formula is C18H27N3O2. The van der Waals surface area contributed by atoms with E-state index in [2.05, 4.69) is 37.4 Å². The van der Waals surface area contributed by atoms with Gasteiger partial charge >= 0.3 is 6.03 Å². The van der Waals surface area contributed by atoms with Crippen LogP contribution in [-0.4, -0.2) is 48.9 Å². The maximum Gasteiger partial charge on any atom is 0.317 e. The third-order valence-electron chi connectivity index (χ3n) is 4.63. The minimum atomic E-state index is -0.0695. The van der Waals surface area contributed by atoms with Crippen molar-refractivity contribution in [3.63, 3.8) is 0 Å². The summed E-state index contributed by atoms with van der Waals surface area (Å²) >= 11 is 0. The third kappa shape index (κ3) is 4.03. The largest absolute Gasteiger partial charge is 0.349 e. The molecule has 0 radical (unpaired) electrons. The average molecular weight is 317 g/mol. The second-order valence-electron chi connectivity index (χ2n) is 6.41. The standard InChI is InChI=1S/C18H27N3O2/c1-13-7-5-8-15(14(13)2)16-9-6-12-21(16)18(23)19-11-10-17(22)20(3)4/h5,7-8,16H,6,9-12H2,1-4H3,(H,19,23)/t16-/m0/s1. The van der Waals surface area contributed by atoms with Crippen molar-refractivity contribution in [3.05, 3.63) is 34.9 Å². The number of benzene rings is 1. The van der Waals surface area contributed by atoms with Gasteiger partial charge in [0.15, 0.2) is 0 Å². The molecule has 1 heterocycles. The molecule has 23 heavy (non-hydrogen) atoms. The summed E-state index contributed by atoms with van der Waals surface area (Å²) in [4.78, 5) is 27.5. The first-order valence-electron chi connectivity index (χ1n) is 8.22. The summed E-state index contributed by atoms with van der Waals surface area (Å²) in [5.41, 5.74) is 3.76. The Morgan fingerprint density at radius 1 is 1.30 bits per heavy atom. The van der Waals surface area contributed by atoms with Gasteiger partial charge in [-0.05, 0) is 43.4 Å². The van der Waals surface area contributed by atoms with Crippen LogP contribution < -0.4 is 5.32 Å². The molecule has 3 amide bonds. The Hall–Kier alpha value is -2.04. The first-order chi connectivity index (χ1) is 10.9. The van der Waals surface area contributed by atoms with Crippen LogP contribution in [0.2, 0.25) is 0 Å². The quantitative estimate of drug-likeness (QED) is 0.928. The molecule has 0 bridgehead atoms. The van der Waals surface area contributed by atoms with Crippen LogP contribution in [0.3, 0.4) is 0 Å². The lowest BCUT2D eigenvalue weighted by Crippen LogP contribution is -2.41. The van der Waals surface area contributed by atoms with E-state index < -0.39 is 0 Å². The molecule has 5 heteroatoms. The van der Waals surface area contributed by atoms with Crippen LogP contribution in [0.1, 0.15) is 42.0 Å². The van der Waals surface area contributed by atoms with Crippen molar-refractivity contribution in [3.8, 4) is 0 Å². The molecule has 1 aromatic rings. The lowest BCUT2D eigenvalue weighted by molar-refractivity contribution is -0.128. The molecule has 0 unspecified atom stereocenters. The van der Waals surface area contributed by atoms with Gasteiger partial charge < -0.3 is 15.1 Å². The highest BCUT2D eigenvalue weighted by atomic mass is 16.2. The van der Waals surface area contributed by atoms with Crippen LogP contribution in [0.25, 0.3) is 0 Å². The van der Waals surface area contributed by atoms with E-state index in [1.165, 1.54) is 16.7 Å². The van der Waals surface area contributed by atoms with E-state index in [4.69, 9.17) is 0 Å². The maximum atomic E-state index is 12.5. The molecule has 0 aromatic heterocycles. The van der Waals surface area contributed by atoms with Gasteiger partial charge in [-0.2, -0.15) is 0 Å². The van der Waals surface area contributed by atoms with Gasteiger partial charge in [0.05, 0.1) is 6.04 Å². The molecular weight excluding hydrogens is 290 g/mol. The third-order valence-corrected chi connectivity index (χ3v) is 4.63. The molecule has 1 atom stereocenters. The number of nitrogens with zero attached hydrogens (tertiary/aromatic N) is 2. The average Bonchev–Trinajstić information content (AvgIpc) is 2.99. The van der Waals surface area contributed by atoms with Crippen LogP contribution in [0.5, 0.6) is 0 Å². The Balaban J connectivity index is 2.00. The van der Waals surface area contributed by atoms with E-state index in [1.807, 2.05) is 4.90 Å². The molecule has 1 aromatic carbocycles. The first kappa shape index (κ1) is 17.3. The molecule has 1 N–H and O–H groups in total. The lowest BCUT2D eigenvalue weighted by atomic mass is 9.96. The second-order valence-corrected chi connectivity index (χ2v) is 6.41. The highest BCUT2D eigenvalue weighted by Gasteiger charge is 2.30. The van der Waals surface area contributed by atoms with Gasteiger partial charge in [-0.25, -0.2) is 4.79 Å². The van der Waals surface area contributed by atoms with Gasteiger partial charge in [0.2, 0.25) is 5.91 Å². The molecule has 0 spiro atoms. The van der Waals surface area contributed by atoms with Crippen molar-refractivity contribution in [2.75, 3.05) is 27.2 Å². The highest BCUT2D eigenvalue weighted by Crippen LogP contribution is 2.34. The Labute approximate surface area is 138 Å². The molecule has 0 saturated carbocycles. The summed E-state index contributed by atoms with van der Waals surface area (Å²) in [6.07, 6.45) is 2.34. The number of amides is 3. The van der Waals surface area contributed by atoms with Gasteiger partial charge in [-0.1, -0.05) is 18.2 Å². The monoisotopic (exact) mass is 317 g/mol. The van der Waals surface area contributed by atoms with Crippen molar-refractivity contribution >= 4 is 11.9 Å². The maximum absolute atomic E-state index is 12.5. The fourth-order valence-corrected chi connectivity index (χ4v) is 3.07. The van der Waals surface area contributed by atoms with Crippen LogP contribution in [0, 0.1) is 13.8 Å². The molecule has 0 aliphatic carbocycles. The Bertz CT molecular complexity index is 584. The minimum Gasteiger partial charge on any atom is -0.349 e. The number of nitrogens with one attached hydrogen (secondary N) is 1. The molecule has 2 rings (SSSR count). The summed E-state index contributed by atoms with van der Waals surface area (Å²) in [5.74, 6) is 0.0257. The number of hydrogen-bond donors (Lipinski definition) is 1. The van der Waals surface area contributed by atoms with Crippen molar-refractivity contribution in [1.82, 2.24) is 15.1 Å². The minimum absolute atomic E-state index is 0.0257. The number of carbonyl (C=O) groups is 2. The predicted molar refractivity (Wildman–Crippen MR) is 91.3 cm³/mol. The zero-order chi connectivity index (χ0) is 17.0. The van der Waals surface area contributed by atoms with Gasteiger partial charge in [0.25, 0.3) is 0 Å². The number of likely N-dealkylation sites (tertiary alicyclic amines) is 1. The predicted octanol–water partition coefficient (Wildman–Crippen LogP) is 2.63. The number of hydrogen-bond acceptors (Lipinski definition) is 2. The molecule has 1 aliphatic heterocycles. The van der Waals surface area contributed by atoms with E-state index in [-0.39, 0.29) is 18.0 Å². The van der Waals surface area contributed by atoms with Gasteiger partial charge in [0.1, 0.15) is 0 Å². The molecule has 1 saturated heterocycles. The fraction of sp³-hybridized carbons (Fsp3) is 0.556. The van der Waals surface area contributed by atoms with Crippen LogP contribution >= 0.6 is 0 Å². The van der Waals surface area contributed by atoms with E-state index in [1.54, 1.807) is 19.0 Å². The first-order valence-corrected chi connectivity index (χ1v) is 8.22. The summed E-state index contributed by atoms with van der Waals surface area (Å²) in [5, 5.41) is 2.88. The summed E-state index contributed by atoms with van der Waals surface area (Å²) < 4.78 is 0. The Morgan fingerprint density at radius 3 is 2.74 bits per heavy atom. The Kier molecular flexibility index (Phi) is 5.64. The van der Waals surface area contributed by atoms with E-state index >= 15 is 0 Å². The zero-order valence-electron chi connectivity index (χ0n) is 14.6. The van der Waals surface area contributed by atoms with Gasteiger partial charge in [-0.15, -0.1) is 0 Å². The second kappa shape index (κ2) is 7.49. The van der Waals surface area contributed by atoms with Crippen molar-refractivity contribution in [1.29, 1.82) is 0 Å². The lowest BCUT2D eigenvalue weighted by Gasteiger charge is -2.27. The fourth-order valence-electron chi connectivity index (χ4n) is 3.07. The molecule has 126 valence electrons. The van der Waals surface area contributed by atoms with E-state index in [0.717, 1.165) is 19.4 Å². The smallest absolute Gasteiger partial charge is 0.317 e. The highest BCUT2D eigenvalue weighted by molar-refractivity contribution is 5.78. The van der Waals surface area contributed by atoms with Crippen molar-refractivity contribution in [2.45, 2.75) is 39.2 Å². The van der Waals surface area contributed by atoms with Gasteiger partial charge in [-0.3, -0.25) is 4.79 Å². The Morgan fingerprint density at radius 2 is 2.04 bits per heavy atom. The number of urea groups is 1. The van der Waals surface area contributed by atoms with Gasteiger partial charge in [0, 0.05) is 33.6 Å². The SMILES string of the molecule is Cc1cccc([C@@H]2CCCN2C(=O)NCCC(=O)N(C)C)c1C. The zero-order valence-corrected chi connectivity index (χ0v) is 14.6. The number of rotatable bonds is 4. The van der Waals surface area contributed by atoms with Crippen molar-refractivity contribution < 1.29 is 9.59 Å². The number of aryl methyl sites for hydroxylation is 1. The number of carbonyl (C=O) groups excluding carboxylic acids is 2. The topological polar surface area (TPSA) is 52.7 Å². The van der Waals surface area contributed by atoms with Crippen molar-refractivity contribution in [2.24, 2.45) is 0 Å². The van der Waals surface area contributed by atoms with Crippen LogP contribution in [0.15, 0.2) is 18.2 Å². The summed E-state index contributed by atoms with van der Waals surface area (Å²) in [6.45, 7) is 5.37. The normalized spacial score (nSPS) is 17.2. The summed E-state index contributed by atoms with van der Waals surface area (Å²) in [6, 6.07) is 6.35. The molecule has 5 nitrogen and oxygen atoms in total. The van der Waals surface area contributed by atoms with Crippen LogP contribution in [0.4, 0.5) is 4.79 Å². The van der Waals surface area contributed by atoms with E-state index in [0.29, 0.717) is 13.0 Å². The van der Waals surface area contributed by atoms with Crippen LogP contribution in [-0.2, 0) is 4.79 Å². The van der Waals surface area contributed by atoms with E-state index in [9.17, 15) is 9.59 Å².